The first-order chi connectivity index (χ1) is 14.4. The summed E-state index contributed by atoms with van der Waals surface area (Å²) in [6.07, 6.45) is 3.50. The molecule has 1 amide bonds. The Labute approximate surface area is 175 Å². The molecular formula is C23H20N2O4S. The van der Waals surface area contributed by atoms with E-state index in [4.69, 9.17) is 0 Å². The molecule has 4 aromatic rings. The van der Waals surface area contributed by atoms with E-state index in [-0.39, 0.29) is 10.8 Å². The van der Waals surface area contributed by atoms with Crippen molar-refractivity contribution in [1.82, 2.24) is 4.98 Å². The largest absolute Gasteiger partial charge is 0.295 e. The van der Waals surface area contributed by atoms with E-state index in [0.29, 0.717) is 22.1 Å². The Morgan fingerprint density at radius 1 is 0.833 bits per heavy atom. The van der Waals surface area contributed by atoms with E-state index in [2.05, 4.69) is 4.98 Å². The maximum Gasteiger partial charge on any atom is 0.295 e. The van der Waals surface area contributed by atoms with Crippen LogP contribution in [0.15, 0.2) is 102 Å². The topological polar surface area (TPSA) is 87.6 Å². The number of nitrogens with zero attached hydrogens (tertiary/aromatic N) is 2. The molecule has 6 nitrogen and oxygen atoms in total. The monoisotopic (exact) mass is 420 g/mol. The highest BCUT2D eigenvalue weighted by Crippen LogP contribution is 2.36. The summed E-state index contributed by atoms with van der Waals surface area (Å²) in [4.78, 5) is 17.3. The van der Waals surface area contributed by atoms with Gasteiger partial charge in [-0.2, -0.15) is 8.42 Å². The van der Waals surface area contributed by atoms with Crippen molar-refractivity contribution >= 4 is 38.2 Å². The van der Waals surface area contributed by atoms with Crippen LogP contribution in [-0.2, 0) is 14.9 Å². The summed E-state index contributed by atoms with van der Waals surface area (Å²) in [5, 5.41) is 0.923. The zero-order chi connectivity index (χ0) is 21.6. The average molecular weight is 420 g/mol. The van der Waals surface area contributed by atoms with E-state index in [9.17, 15) is 17.8 Å². The van der Waals surface area contributed by atoms with Crippen LogP contribution >= 0.6 is 0 Å². The fourth-order valence-electron chi connectivity index (χ4n) is 3.07. The van der Waals surface area contributed by atoms with Gasteiger partial charge in [0.15, 0.2) is 0 Å². The van der Waals surface area contributed by atoms with Crippen molar-refractivity contribution in [2.75, 3.05) is 4.90 Å². The molecule has 1 aromatic heterocycles. The van der Waals surface area contributed by atoms with Gasteiger partial charge in [0.05, 0.1) is 5.69 Å². The molecule has 1 N–H and O–H groups in total. The van der Waals surface area contributed by atoms with Crippen molar-refractivity contribution in [3.8, 4) is 0 Å². The van der Waals surface area contributed by atoms with Gasteiger partial charge in [-0.05, 0) is 41.8 Å². The van der Waals surface area contributed by atoms with Crippen LogP contribution in [-0.4, -0.2) is 23.9 Å². The molecule has 0 radical (unpaired) electrons. The van der Waals surface area contributed by atoms with Crippen LogP contribution in [0.3, 0.4) is 0 Å². The molecule has 1 heterocycles. The third-order valence-electron chi connectivity index (χ3n) is 4.26. The van der Waals surface area contributed by atoms with E-state index < -0.39 is 10.1 Å². The fraction of sp³-hybridized carbons (Fsp3) is 0.0435. The van der Waals surface area contributed by atoms with Gasteiger partial charge < -0.3 is 0 Å². The highest BCUT2D eigenvalue weighted by atomic mass is 32.2. The number of rotatable bonds is 3. The molecule has 0 unspecified atom stereocenters. The van der Waals surface area contributed by atoms with Crippen molar-refractivity contribution in [2.24, 2.45) is 0 Å². The predicted octanol–water partition coefficient (Wildman–Crippen LogP) is 4.85. The summed E-state index contributed by atoms with van der Waals surface area (Å²) >= 11 is 0. The smallest absolute Gasteiger partial charge is 0.282 e. The summed E-state index contributed by atoms with van der Waals surface area (Å²) in [5.74, 6) is -0.265. The van der Waals surface area contributed by atoms with E-state index in [1.807, 2.05) is 24.3 Å². The average Bonchev–Trinajstić information content (AvgIpc) is 2.75. The number of aromatic nitrogens is 1. The van der Waals surface area contributed by atoms with E-state index in [1.54, 1.807) is 67.0 Å². The molecule has 0 aliphatic rings. The second-order valence-corrected chi connectivity index (χ2v) is 7.71. The van der Waals surface area contributed by atoms with Gasteiger partial charge in [0.25, 0.3) is 10.1 Å². The second kappa shape index (κ2) is 9.30. The summed E-state index contributed by atoms with van der Waals surface area (Å²) in [7, 11) is -4.43. The third kappa shape index (κ3) is 4.89. The van der Waals surface area contributed by atoms with Crippen LogP contribution < -0.4 is 4.90 Å². The van der Waals surface area contributed by atoms with Crippen LogP contribution in [0.2, 0.25) is 0 Å². The normalized spacial score (nSPS) is 10.7. The number of benzene rings is 3. The van der Waals surface area contributed by atoms with E-state index in [0.717, 1.165) is 0 Å². The van der Waals surface area contributed by atoms with Gasteiger partial charge in [-0.25, -0.2) is 0 Å². The van der Waals surface area contributed by atoms with Crippen molar-refractivity contribution in [3.05, 3.63) is 97.3 Å². The maximum atomic E-state index is 12.3. The quantitative estimate of drug-likeness (QED) is 0.479. The Hall–Kier alpha value is -3.55. The summed E-state index contributed by atoms with van der Waals surface area (Å²) in [5.41, 5.74) is 1.02. The molecule has 152 valence electrons. The summed E-state index contributed by atoms with van der Waals surface area (Å²) < 4.78 is 33.1. The molecule has 30 heavy (non-hydrogen) atoms. The van der Waals surface area contributed by atoms with E-state index >= 15 is 0 Å². The standard InChI is InChI=1S/C18H15NO4S.C5H5N/c1-13(20)19(15-9-3-2-4-10-15)16-11-5-7-14-8-6-12-17(18(14)16)24(21,22)23;1-2-4-6-5-3-1/h2-12H,1H3,(H,21,22,23);1-5H. The lowest BCUT2D eigenvalue weighted by molar-refractivity contribution is -0.115. The number of anilines is 2. The zero-order valence-corrected chi connectivity index (χ0v) is 17.0. The predicted molar refractivity (Wildman–Crippen MR) is 117 cm³/mol. The lowest BCUT2D eigenvalue weighted by Crippen LogP contribution is -2.23. The minimum Gasteiger partial charge on any atom is -0.282 e. The maximum absolute atomic E-state index is 12.3. The van der Waals surface area contributed by atoms with Crippen LogP contribution in [0.4, 0.5) is 11.4 Å². The Balaban J connectivity index is 0.000000367. The molecular weight excluding hydrogens is 400 g/mol. The van der Waals surface area contributed by atoms with Gasteiger partial charge in [0, 0.05) is 30.4 Å². The number of carbonyl (C=O) groups excluding carboxylic acids is 1. The minimum absolute atomic E-state index is 0.224. The van der Waals surface area contributed by atoms with Gasteiger partial charge in [0.1, 0.15) is 4.90 Å². The molecule has 7 heteroatoms. The number of pyridine rings is 1. The first-order valence-electron chi connectivity index (χ1n) is 9.09. The van der Waals surface area contributed by atoms with Gasteiger partial charge in [-0.15, -0.1) is 0 Å². The van der Waals surface area contributed by atoms with Gasteiger partial charge in [-0.1, -0.05) is 48.5 Å². The number of para-hydroxylation sites is 1. The Kier molecular flexibility index (Phi) is 6.56. The minimum atomic E-state index is -4.43. The molecule has 3 aromatic carbocycles. The Morgan fingerprint density at radius 2 is 1.43 bits per heavy atom. The van der Waals surface area contributed by atoms with Crippen LogP contribution in [0.1, 0.15) is 6.92 Å². The van der Waals surface area contributed by atoms with Crippen LogP contribution in [0.5, 0.6) is 0 Å². The molecule has 0 saturated heterocycles. The number of carbonyl (C=O) groups is 1. The first kappa shape index (κ1) is 21.2. The van der Waals surface area contributed by atoms with Crippen molar-refractivity contribution in [1.29, 1.82) is 0 Å². The van der Waals surface area contributed by atoms with E-state index in [1.165, 1.54) is 17.9 Å². The molecule has 4 rings (SSSR count). The van der Waals surface area contributed by atoms with Gasteiger partial charge in [-0.3, -0.25) is 19.2 Å². The molecule has 0 aliphatic heterocycles. The van der Waals surface area contributed by atoms with Crippen molar-refractivity contribution in [2.45, 2.75) is 11.8 Å². The lowest BCUT2D eigenvalue weighted by atomic mass is 10.1. The second-order valence-electron chi connectivity index (χ2n) is 6.32. The van der Waals surface area contributed by atoms with Gasteiger partial charge in [0.2, 0.25) is 5.91 Å². The lowest BCUT2D eigenvalue weighted by Gasteiger charge is -2.23. The number of hydrogen-bond donors (Lipinski definition) is 1. The highest BCUT2D eigenvalue weighted by Gasteiger charge is 2.22. The molecule has 0 bridgehead atoms. The number of fused-ring (bicyclic) bond motifs is 1. The number of hydrogen-bond acceptors (Lipinski definition) is 4. The van der Waals surface area contributed by atoms with Crippen LogP contribution in [0, 0.1) is 0 Å². The molecule has 0 fully saturated rings. The summed E-state index contributed by atoms with van der Waals surface area (Å²) in [6, 6.07) is 24.4. The zero-order valence-electron chi connectivity index (χ0n) is 16.2. The number of amides is 1. The molecule has 0 aliphatic carbocycles. The van der Waals surface area contributed by atoms with Gasteiger partial charge >= 0.3 is 0 Å². The fourth-order valence-corrected chi connectivity index (χ4v) is 3.80. The van der Waals surface area contributed by atoms with Crippen LogP contribution in [0.25, 0.3) is 10.8 Å². The first-order valence-corrected chi connectivity index (χ1v) is 10.5. The highest BCUT2D eigenvalue weighted by molar-refractivity contribution is 7.86. The molecule has 0 atom stereocenters. The third-order valence-corrected chi connectivity index (χ3v) is 5.16. The molecule has 0 spiro atoms. The summed E-state index contributed by atoms with van der Waals surface area (Å²) in [6.45, 7) is 1.40. The Bertz CT molecular complexity index is 1210. The van der Waals surface area contributed by atoms with Crippen molar-refractivity contribution in [3.63, 3.8) is 0 Å². The SMILES string of the molecule is CC(=O)N(c1ccccc1)c1cccc2cccc(S(=O)(=O)O)c12.c1ccncc1. The Morgan fingerprint density at radius 3 is 1.93 bits per heavy atom. The molecule has 0 saturated carbocycles. The van der Waals surface area contributed by atoms with Crippen molar-refractivity contribution < 1.29 is 17.8 Å².